The van der Waals surface area contributed by atoms with Gasteiger partial charge in [-0.05, 0) is 49.6 Å². The van der Waals surface area contributed by atoms with Crippen LogP contribution in [0.5, 0.6) is 11.5 Å². The Kier molecular flexibility index (Phi) is 4.57. The quantitative estimate of drug-likeness (QED) is 0.665. The molecule has 0 spiro atoms. The molecule has 1 aromatic heterocycles. The number of rotatable bonds is 4. The average molecular weight is 447 g/mol. The summed E-state index contributed by atoms with van der Waals surface area (Å²) in [5.41, 5.74) is 1.43. The lowest BCUT2D eigenvalue weighted by molar-refractivity contribution is -0.133. The first-order valence-electron chi connectivity index (χ1n) is 11.5. The van der Waals surface area contributed by atoms with Gasteiger partial charge in [-0.3, -0.25) is 9.59 Å². The molecule has 1 aliphatic carbocycles. The second-order valence-electron chi connectivity index (χ2n) is 9.32. The number of nitrogens with one attached hydrogen (secondary N) is 1. The summed E-state index contributed by atoms with van der Waals surface area (Å²) in [4.78, 5) is 33.8. The second-order valence-corrected chi connectivity index (χ2v) is 9.32. The first kappa shape index (κ1) is 20.1. The van der Waals surface area contributed by atoms with Crippen molar-refractivity contribution in [1.29, 1.82) is 0 Å². The van der Waals surface area contributed by atoms with Gasteiger partial charge in [0.05, 0.1) is 17.6 Å². The van der Waals surface area contributed by atoms with Crippen molar-refractivity contribution in [2.45, 2.75) is 57.3 Å². The maximum Gasteiger partial charge on any atom is 0.291 e. The molecule has 0 radical (unpaired) electrons. The molecular weight excluding hydrogens is 420 g/mol. The van der Waals surface area contributed by atoms with Gasteiger partial charge in [0.15, 0.2) is 17.3 Å². The van der Waals surface area contributed by atoms with Crippen LogP contribution in [-0.2, 0) is 17.9 Å². The van der Waals surface area contributed by atoms with E-state index >= 15 is 0 Å². The maximum absolute atomic E-state index is 13.8. The largest absolute Gasteiger partial charge is 0.454 e. The number of para-hydroxylation sites is 2. The minimum Gasteiger partial charge on any atom is -0.454 e. The Morgan fingerprint density at radius 1 is 1.15 bits per heavy atom. The Bertz CT molecular complexity index is 1260. The minimum atomic E-state index is -1.06. The van der Waals surface area contributed by atoms with Gasteiger partial charge < -0.3 is 24.3 Å². The monoisotopic (exact) mass is 446 g/mol. The van der Waals surface area contributed by atoms with Gasteiger partial charge in [-0.2, -0.15) is 0 Å². The van der Waals surface area contributed by atoms with Gasteiger partial charge in [0.1, 0.15) is 5.54 Å². The molecule has 0 saturated heterocycles. The molecule has 2 aliphatic heterocycles. The fourth-order valence-electron chi connectivity index (χ4n) is 5.21. The summed E-state index contributed by atoms with van der Waals surface area (Å²) < 4.78 is 12.8. The van der Waals surface area contributed by atoms with Gasteiger partial charge in [-0.25, -0.2) is 4.98 Å². The smallest absolute Gasteiger partial charge is 0.291 e. The number of ether oxygens (including phenoxy) is 2. The lowest BCUT2D eigenvalue weighted by atomic mass is 9.93. The van der Waals surface area contributed by atoms with E-state index in [1.165, 1.54) is 0 Å². The molecule has 2 aromatic carbocycles. The van der Waals surface area contributed by atoms with Crippen LogP contribution in [0.25, 0.3) is 11.0 Å². The van der Waals surface area contributed by atoms with E-state index < -0.39 is 5.54 Å². The molecule has 1 atom stereocenters. The molecule has 6 rings (SSSR count). The van der Waals surface area contributed by atoms with Crippen LogP contribution in [0, 0.1) is 0 Å². The van der Waals surface area contributed by atoms with Crippen LogP contribution in [0.15, 0.2) is 42.5 Å². The van der Waals surface area contributed by atoms with Crippen LogP contribution in [0.2, 0.25) is 0 Å². The summed E-state index contributed by atoms with van der Waals surface area (Å²) in [5.74, 6) is 1.34. The minimum absolute atomic E-state index is 0.119. The highest BCUT2D eigenvalue weighted by atomic mass is 16.7. The SMILES string of the molecule is C[C@]1(C(=O)NC2CCCC2)Cn2c(nc3ccccc32)C(=O)N1Cc1ccc2c(c1)OCO2. The number of carbonyl (C=O) groups excluding carboxylic acids is 2. The van der Waals surface area contributed by atoms with Crippen molar-refractivity contribution in [3.63, 3.8) is 0 Å². The van der Waals surface area contributed by atoms with E-state index in [1.54, 1.807) is 4.90 Å². The van der Waals surface area contributed by atoms with Crippen LogP contribution in [-0.4, -0.2) is 44.6 Å². The summed E-state index contributed by atoms with van der Waals surface area (Å²) in [5, 5.41) is 3.23. The van der Waals surface area contributed by atoms with E-state index in [1.807, 2.05) is 54.0 Å². The molecule has 3 aliphatic rings. The molecule has 0 bridgehead atoms. The highest BCUT2D eigenvalue weighted by Gasteiger charge is 2.49. The Morgan fingerprint density at radius 2 is 1.94 bits per heavy atom. The molecular formula is C25H26N4O4. The van der Waals surface area contributed by atoms with Gasteiger partial charge in [0.25, 0.3) is 5.91 Å². The topological polar surface area (TPSA) is 85.7 Å². The highest BCUT2D eigenvalue weighted by Crippen LogP contribution is 2.36. The zero-order chi connectivity index (χ0) is 22.6. The van der Waals surface area contributed by atoms with Crippen molar-refractivity contribution in [2.24, 2.45) is 0 Å². The molecule has 2 amide bonds. The van der Waals surface area contributed by atoms with E-state index in [-0.39, 0.29) is 31.2 Å². The molecule has 8 heteroatoms. The van der Waals surface area contributed by atoms with Gasteiger partial charge in [0.2, 0.25) is 12.7 Å². The molecule has 0 unspecified atom stereocenters. The second kappa shape index (κ2) is 7.50. The Hall–Kier alpha value is -3.55. The normalized spacial score (nSPS) is 22.1. The predicted molar refractivity (Wildman–Crippen MR) is 121 cm³/mol. The van der Waals surface area contributed by atoms with Crippen molar-refractivity contribution >= 4 is 22.8 Å². The number of hydrogen-bond acceptors (Lipinski definition) is 5. The number of fused-ring (bicyclic) bond motifs is 4. The van der Waals surface area contributed by atoms with Crippen LogP contribution >= 0.6 is 0 Å². The average Bonchev–Trinajstić information content (AvgIpc) is 3.56. The Morgan fingerprint density at radius 3 is 2.79 bits per heavy atom. The number of carbonyl (C=O) groups is 2. The number of aromatic nitrogens is 2. The standard InChI is InChI=1S/C25H26N4O4/c1-25(24(31)26-17-6-2-3-7-17)14-28-19-9-5-4-8-18(19)27-22(28)23(30)29(25)13-16-10-11-20-21(12-16)33-15-32-20/h4-5,8-12,17H,2-3,6-7,13-15H2,1H3,(H,26,31)/t25-/m1/s1. The lowest BCUT2D eigenvalue weighted by Crippen LogP contribution is -2.64. The van der Waals surface area contributed by atoms with E-state index in [4.69, 9.17) is 9.47 Å². The highest BCUT2D eigenvalue weighted by molar-refractivity contribution is 6.01. The number of nitrogens with zero attached hydrogens (tertiary/aromatic N) is 3. The summed E-state index contributed by atoms with van der Waals surface area (Å²) in [6.45, 7) is 2.66. The first-order valence-corrected chi connectivity index (χ1v) is 11.5. The van der Waals surface area contributed by atoms with Crippen molar-refractivity contribution in [3.8, 4) is 11.5 Å². The third-order valence-electron chi connectivity index (χ3n) is 7.11. The molecule has 1 N–H and O–H groups in total. The summed E-state index contributed by atoms with van der Waals surface area (Å²) in [7, 11) is 0. The summed E-state index contributed by atoms with van der Waals surface area (Å²) in [6, 6.07) is 13.5. The maximum atomic E-state index is 13.8. The third kappa shape index (κ3) is 3.23. The first-order chi connectivity index (χ1) is 16.0. The number of amides is 2. The van der Waals surface area contributed by atoms with Gasteiger partial charge in [-0.15, -0.1) is 0 Å². The molecule has 1 fully saturated rings. The fraction of sp³-hybridized carbons (Fsp3) is 0.400. The van der Waals surface area contributed by atoms with Crippen LogP contribution in [0.4, 0.5) is 0 Å². The van der Waals surface area contributed by atoms with Gasteiger partial charge in [0, 0.05) is 12.6 Å². The van der Waals surface area contributed by atoms with Crippen molar-refractivity contribution in [1.82, 2.24) is 19.8 Å². The van der Waals surface area contributed by atoms with Crippen molar-refractivity contribution in [2.75, 3.05) is 6.79 Å². The van der Waals surface area contributed by atoms with E-state index in [0.717, 1.165) is 42.3 Å². The van der Waals surface area contributed by atoms with E-state index in [0.29, 0.717) is 23.9 Å². The van der Waals surface area contributed by atoms with E-state index in [9.17, 15) is 9.59 Å². The molecule has 1 saturated carbocycles. The van der Waals surface area contributed by atoms with E-state index in [2.05, 4.69) is 10.3 Å². The van der Waals surface area contributed by atoms with Crippen molar-refractivity contribution in [3.05, 3.63) is 53.9 Å². The van der Waals surface area contributed by atoms with Crippen LogP contribution in [0.1, 0.15) is 48.8 Å². The molecule has 170 valence electrons. The molecule has 3 heterocycles. The van der Waals surface area contributed by atoms with Crippen molar-refractivity contribution < 1.29 is 19.1 Å². The zero-order valence-corrected chi connectivity index (χ0v) is 18.5. The summed E-state index contributed by atoms with van der Waals surface area (Å²) >= 11 is 0. The third-order valence-corrected chi connectivity index (χ3v) is 7.11. The molecule has 8 nitrogen and oxygen atoms in total. The Balaban J connectivity index is 1.40. The number of benzene rings is 2. The predicted octanol–water partition coefficient (Wildman–Crippen LogP) is 3.24. The van der Waals surface area contributed by atoms with Crippen LogP contribution < -0.4 is 14.8 Å². The molecule has 33 heavy (non-hydrogen) atoms. The number of imidazole rings is 1. The fourth-order valence-corrected chi connectivity index (χ4v) is 5.21. The van der Waals surface area contributed by atoms with Gasteiger partial charge in [-0.1, -0.05) is 31.0 Å². The lowest BCUT2D eigenvalue weighted by Gasteiger charge is -2.44. The summed E-state index contributed by atoms with van der Waals surface area (Å²) in [6.07, 6.45) is 4.21. The van der Waals surface area contributed by atoms with Gasteiger partial charge >= 0.3 is 0 Å². The Labute approximate surface area is 191 Å². The zero-order valence-electron chi connectivity index (χ0n) is 18.5. The molecule has 3 aromatic rings. The van der Waals surface area contributed by atoms with Crippen LogP contribution in [0.3, 0.4) is 0 Å². The number of hydrogen-bond donors (Lipinski definition) is 1.